The number of halogens is 4. The van der Waals surface area contributed by atoms with Crippen molar-refractivity contribution in [2.24, 2.45) is 10.7 Å². The summed E-state index contributed by atoms with van der Waals surface area (Å²) in [5.41, 5.74) is 7.17. The molecule has 0 atom stereocenters. The highest BCUT2D eigenvalue weighted by Gasteiger charge is 2.33. The van der Waals surface area contributed by atoms with E-state index in [-0.39, 0.29) is 10.8 Å². The van der Waals surface area contributed by atoms with Crippen LogP contribution in [0.15, 0.2) is 35.3 Å². The first kappa shape index (κ1) is 20.9. The van der Waals surface area contributed by atoms with E-state index in [4.69, 9.17) is 22.1 Å². The van der Waals surface area contributed by atoms with Gasteiger partial charge in [-0.1, -0.05) is 11.6 Å². The van der Waals surface area contributed by atoms with Gasteiger partial charge < -0.3 is 15.4 Å². The molecule has 146 valence electrons. The van der Waals surface area contributed by atoms with Crippen molar-refractivity contribution >= 4 is 23.2 Å². The van der Waals surface area contributed by atoms with Crippen molar-refractivity contribution in [3.05, 3.63) is 52.0 Å². The standard InChI is InChI=1S/C19H21ClF3N3O/c1-5-26(4)18(24)25-16-8-12(3)17(9-11(16)2)27-13-6-7-15(20)14(10-13)19(21,22)23/h6-10H,5H2,1-4H3,(H2,24,25). The van der Waals surface area contributed by atoms with E-state index in [0.29, 0.717) is 23.9 Å². The van der Waals surface area contributed by atoms with E-state index in [2.05, 4.69) is 4.99 Å². The Morgan fingerprint density at radius 2 is 1.85 bits per heavy atom. The van der Waals surface area contributed by atoms with Gasteiger partial charge in [0.2, 0.25) is 0 Å². The molecule has 0 saturated carbocycles. The zero-order valence-electron chi connectivity index (χ0n) is 15.5. The second kappa shape index (κ2) is 8.08. The molecule has 0 unspecified atom stereocenters. The van der Waals surface area contributed by atoms with Gasteiger partial charge in [-0.15, -0.1) is 0 Å². The molecule has 0 fully saturated rings. The van der Waals surface area contributed by atoms with Crippen LogP contribution >= 0.6 is 11.6 Å². The molecule has 0 bridgehead atoms. The predicted octanol–water partition coefficient (Wildman–Crippen LogP) is 5.67. The minimum absolute atomic E-state index is 0.0516. The van der Waals surface area contributed by atoms with Gasteiger partial charge in [0.15, 0.2) is 5.96 Å². The van der Waals surface area contributed by atoms with Gasteiger partial charge in [-0.3, -0.25) is 0 Å². The molecular formula is C19H21ClF3N3O. The Labute approximate surface area is 161 Å². The van der Waals surface area contributed by atoms with E-state index in [1.165, 1.54) is 12.1 Å². The van der Waals surface area contributed by atoms with Crippen LogP contribution in [0.25, 0.3) is 0 Å². The number of ether oxygens (including phenoxy) is 1. The smallest absolute Gasteiger partial charge is 0.417 e. The van der Waals surface area contributed by atoms with Gasteiger partial charge in [0, 0.05) is 13.6 Å². The van der Waals surface area contributed by atoms with Gasteiger partial charge in [-0.2, -0.15) is 13.2 Å². The van der Waals surface area contributed by atoms with Crippen molar-refractivity contribution in [1.82, 2.24) is 4.90 Å². The number of aliphatic imine (C=N–C) groups is 1. The quantitative estimate of drug-likeness (QED) is 0.532. The van der Waals surface area contributed by atoms with Crippen molar-refractivity contribution in [2.45, 2.75) is 26.9 Å². The molecular weight excluding hydrogens is 379 g/mol. The Kier molecular flexibility index (Phi) is 6.26. The summed E-state index contributed by atoms with van der Waals surface area (Å²) in [5.74, 6) is 0.862. The topological polar surface area (TPSA) is 50.8 Å². The average molecular weight is 400 g/mol. The number of nitrogens with zero attached hydrogens (tertiary/aromatic N) is 2. The third kappa shape index (κ3) is 5.07. The summed E-state index contributed by atoms with van der Waals surface area (Å²) in [7, 11) is 1.83. The van der Waals surface area contributed by atoms with Crippen molar-refractivity contribution in [2.75, 3.05) is 13.6 Å². The average Bonchev–Trinajstić information content (AvgIpc) is 2.59. The number of nitrogens with two attached hydrogens (primary N) is 1. The SMILES string of the molecule is CCN(C)C(N)=Nc1cc(C)c(Oc2ccc(Cl)c(C(F)(F)F)c2)cc1C. The van der Waals surface area contributed by atoms with Gasteiger partial charge in [0.25, 0.3) is 0 Å². The first-order valence-electron chi connectivity index (χ1n) is 8.24. The van der Waals surface area contributed by atoms with Gasteiger partial charge >= 0.3 is 6.18 Å². The summed E-state index contributed by atoms with van der Waals surface area (Å²) in [6, 6.07) is 6.95. The summed E-state index contributed by atoms with van der Waals surface area (Å²) in [6.07, 6.45) is -4.55. The lowest BCUT2D eigenvalue weighted by Gasteiger charge is -2.17. The molecule has 0 amide bonds. The number of aryl methyl sites for hydroxylation is 2. The van der Waals surface area contributed by atoms with Crippen LogP contribution in [0.5, 0.6) is 11.5 Å². The molecule has 0 aliphatic rings. The zero-order valence-corrected chi connectivity index (χ0v) is 16.2. The summed E-state index contributed by atoms with van der Waals surface area (Å²) in [4.78, 5) is 6.19. The van der Waals surface area contributed by atoms with Crippen LogP contribution in [0.4, 0.5) is 18.9 Å². The van der Waals surface area contributed by atoms with Crippen LogP contribution < -0.4 is 10.5 Å². The summed E-state index contributed by atoms with van der Waals surface area (Å²) < 4.78 is 44.7. The van der Waals surface area contributed by atoms with E-state index >= 15 is 0 Å². The van der Waals surface area contributed by atoms with Crippen molar-refractivity contribution < 1.29 is 17.9 Å². The molecule has 0 aromatic heterocycles. The normalized spacial score (nSPS) is 12.2. The van der Waals surface area contributed by atoms with Crippen LogP contribution in [0.3, 0.4) is 0 Å². The lowest BCUT2D eigenvalue weighted by Crippen LogP contribution is -2.33. The number of alkyl halides is 3. The Morgan fingerprint density at radius 3 is 2.44 bits per heavy atom. The minimum Gasteiger partial charge on any atom is -0.457 e. The number of guanidine groups is 1. The van der Waals surface area contributed by atoms with Crippen LogP contribution in [0.2, 0.25) is 5.02 Å². The van der Waals surface area contributed by atoms with E-state index in [9.17, 15) is 13.2 Å². The summed E-state index contributed by atoms with van der Waals surface area (Å²) in [5, 5.41) is -0.372. The molecule has 2 aromatic carbocycles. The Morgan fingerprint density at radius 1 is 1.19 bits per heavy atom. The third-order valence-electron chi connectivity index (χ3n) is 4.06. The highest BCUT2D eigenvalue weighted by Crippen LogP contribution is 2.38. The fourth-order valence-corrected chi connectivity index (χ4v) is 2.51. The molecule has 0 aliphatic carbocycles. The summed E-state index contributed by atoms with van der Waals surface area (Å²) >= 11 is 5.64. The maximum absolute atomic E-state index is 13.0. The van der Waals surface area contributed by atoms with Crippen molar-refractivity contribution in [1.29, 1.82) is 0 Å². The molecule has 0 aliphatic heterocycles. The molecule has 2 rings (SSSR count). The zero-order chi connectivity index (χ0) is 20.4. The predicted molar refractivity (Wildman–Crippen MR) is 102 cm³/mol. The molecule has 0 heterocycles. The fourth-order valence-electron chi connectivity index (χ4n) is 2.29. The van der Waals surface area contributed by atoms with Gasteiger partial charge in [0.1, 0.15) is 11.5 Å². The maximum Gasteiger partial charge on any atom is 0.417 e. The van der Waals surface area contributed by atoms with Crippen LogP contribution in [0.1, 0.15) is 23.6 Å². The number of rotatable bonds is 4. The van der Waals surface area contributed by atoms with Crippen molar-refractivity contribution in [3.63, 3.8) is 0 Å². The first-order valence-corrected chi connectivity index (χ1v) is 8.61. The second-order valence-electron chi connectivity index (χ2n) is 6.13. The van der Waals surface area contributed by atoms with Crippen molar-refractivity contribution in [3.8, 4) is 11.5 Å². The minimum atomic E-state index is -4.55. The molecule has 0 saturated heterocycles. The van der Waals surface area contributed by atoms with E-state index in [1.807, 2.05) is 20.9 Å². The highest BCUT2D eigenvalue weighted by atomic mass is 35.5. The molecule has 27 heavy (non-hydrogen) atoms. The molecule has 4 nitrogen and oxygen atoms in total. The highest BCUT2D eigenvalue weighted by molar-refractivity contribution is 6.31. The first-order chi connectivity index (χ1) is 12.5. The Hall–Kier alpha value is -2.41. The molecule has 0 radical (unpaired) electrons. The Bertz CT molecular complexity index is 866. The van der Waals surface area contributed by atoms with Crippen LogP contribution in [-0.2, 0) is 6.18 Å². The number of hydrogen-bond donors (Lipinski definition) is 1. The van der Waals surface area contributed by atoms with Crippen LogP contribution in [-0.4, -0.2) is 24.5 Å². The lowest BCUT2D eigenvalue weighted by atomic mass is 10.1. The molecule has 2 N–H and O–H groups in total. The van der Waals surface area contributed by atoms with Gasteiger partial charge in [-0.25, -0.2) is 4.99 Å². The molecule has 0 spiro atoms. The number of benzene rings is 2. The third-order valence-corrected chi connectivity index (χ3v) is 4.39. The molecule has 8 heteroatoms. The van der Waals surface area contributed by atoms with E-state index < -0.39 is 11.7 Å². The monoisotopic (exact) mass is 399 g/mol. The number of hydrogen-bond acceptors (Lipinski definition) is 2. The second-order valence-corrected chi connectivity index (χ2v) is 6.54. The molecule has 2 aromatic rings. The van der Waals surface area contributed by atoms with Gasteiger partial charge in [0.05, 0.1) is 16.3 Å². The summed E-state index contributed by atoms with van der Waals surface area (Å²) in [6.45, 7) is 6.28. The maximum atomic E-state index is 13.0. The van der Waals surface area contributed by atoms with Gasteiger partial charge in [-0.05, 0) is 62.2 Å². The Balaban J connectivity index is 2.35. The lowest BCUT2D eigenvalue weighted by molar-refractivity contribution is -0.137. The largest absolute Gasteiger partial charge is 0.457 e. The van der Waals surface area contributed by atoms with Crippen LogP contribution in [0, 0.1) is 13.8 Å². The van der Waals surface area contributed by atoms with E-state index in [0.717, 1.165) is 17.2 Å². The fraction of sp³-hybridized carbons (Fsp3) is 0.316. The van der Waals surface area contributed by atoms with E-state index in [1.54, 1.807) is 24.0 Å².